The van der Waals surface area contributed by atoms with Gasteiger partial charge in [-0.2, -0.15) is 8.42 Å². The van der Waals surface area contributed by atoms with Gasteiger partial charge in [0.1, 0.15) is 10.6 Å². The molecule has 0 bridgehead atoms. The van der Waals surface area contributed by atoms with E-state index in [0.29, 0.717) is 11.1 Å². The van der Waals surface area contributed by atoms with Gasteiger partial charge < -0.3 is 14.4 Å². The topological polar surface area (TPSA) is 83.8 Å². The summed E-state index contributed by atoms with van der Waals surface area (Å²) in [4.78, 5) is -0.0672. The standard InChI is InChI=1S/C14H14O5S/c1-10-3-2-4-11(9-15)14(10)19-20(17,18)13-7-5-12(16)6-8-13/h2-8,15-16H,9H2,1H3. The van der Waals surface area contributed by atoms with Gasteiger partial charge in [-0.3, -0.25) is 0 Å². The Morgan fingerprint density at radius 2 is 1.75 bits per heavy atom. The molecule has 0 aromatic heterocycles. The maximum atomic E-state index is 12.1. The van der Waals surface area contributed by atoms with Crippen LogP contribution in [0.5, 0.6) is 11.5 Å². The van der Waals surface area contributed by atoms with Crippen molar-refractivity contribution in [1.29, 1.82) is 0 Å². The van der Waals surface area contributed by atoms with Gasteiger partial charge in [-0.15, -0.1) is 0 Å². The molecule has 0 aliphatic heterocycles. The molecule has 0 unspecified atom stereocenters. The van der Waals surface area contributed by atoms with Crippen LogP contribution in [-0.4, -0.2) is 18.6 Å². The molecule has 0 radical (unpaired) electrons. The highest BCUT2D eigenvalue weighted by Crippen LogP contribution is 2.27. The average Bonchev–Trinajstić information content (AvgIpc) is 2.41. The molecule has 0 fully saturated rings. The van der Waals surface area contributed by atoms with Gasteiger partial charge in [0.15, 0.2) is 5.75 Å². The lowest BCUT2D eigenvalue weighted by Gasteiger charge is -2.12. The number of hydrogen-bond donors (Lipinski definition) is 2. The van der Waals surface area contributed by atoms with E-state index in [1.165, 1.54) is 24.3 Å². The van der Waals surface area contributed by atoms with Crippen LogP contribution in [0.15, 0.2) is 47.4 Å². The maximum Gasteiger partial charge on any atom is 0.339 e. The normalized spacial score (nSPS) is 11.3. The summed E-state index contributed by atoms with van der Waals surface area (Å²) in [6.45, 7) is 1.38. The first-order valence-electron chi connectivity index (χ1n) is 5.87. The molecule has 2 aromatic carbocycles. The van der Waals surface area contributed by atoms with Gasteiger partial charge in [0.05, 0.1) is 6.61 Å². The summed E-state index contributed by atoms with van der Waals surface area (Å²) < 4.78 is 29.4. The fourth-order valence-electron chi connectivity index (χ4n) is 1.73. The Morgan fingerprint density at radius 1 is 1.10 bits per heavy atom. The van der Waals surface area contributed by atoms with Crippen molar-refractivity contribution in [3.63, 3.8) is 0 Å². The lowest BCUT2D eigenvalue weighted by atomic mass is 10.1. The van der Waals surface area contributed by atoms with Crippen LogP contribution in [0, 0.1) is 6.92 Å². The molecule has 2 rings (SSSR count). The van der Waals surface area contributed by atoms with Crippen LogP contribution in [-0.2, 0) is 16.7 Å². The Hall–Kier alpha value is -2.05. The van der Waals surface area contributed by atoms with Crippen LogP contribution in [0.4, 0.5) is 0 Å². The van der Waals surface area contributed by atoms with Crippen LogP contribution >= 0.6 is 0 Å². The SMILES string of the molecule is Cc1cccc(CO)c1OS(=O)(=O)c1ccc(O)cc1. The first kappa shape index (κ1) is 14.4. The molecule has 0 aliphatic carbocycles. The van der Waals surface area contributed by atoms with Crippen molar-refractivity contribution < 1.29 is 22.8 Å². The van der Waals surface area contributed by atoms with E-state index in [4.69, 9.17) is 9.29 Å². The molecule has 0 saturated carbocycles. The van der Waals surface area contributed by atoms with Crippen molar-refractivity contribution in [3.05, 3.63) is 53.6 Å². The minimum absolute atomic E-state index is 0.0316. The lowest BCUT2D eigenvalue weighted by Crippen LogP contribution is -2.11. The van der Waals surface area contributed by atoms with Crippen LogP contribution in [0.3, 0.4) is 0 Å². The number of benzene rings is 2. The van der Waals surface area contributed by atoms with Gasteiger partial charge in [0, 0.05) is 5.56 Å². The van der Waals surface area contributed by atoms with E-state index in [2.05, 4.69) is 0 Å². The molecule has 5 nitrogen and oxygen atoms in total. The van der Waals surface area contributed by atoms with E-state index in [1.807, 2.05) is 0 Å². The van der Waals surface area contributed by atoms with Crippen LogP contribution in [0.25, 0.3) is 0 Å². The fraction of sp³-hybridized carbons (Fsp3) is 0.143. The monoisotopic (exact) mass is 294 g/mol. The molecule has 2 aromatic rings. The second-order valence-electron chi connectivity index (χ2n) is 4.25. The second-order valence-corrected chi connectivity index (χ2v) is 5.80. The third kappa shape index (κ3) is 2.92. The Labute approximate surface area is 117 Å². The van der Waals surface area contributed by atoms with Crippen molar-refractivity contribution in [1.82, 2.24) is 0 Å². The first-order chi connectivity index (χ1) is 9.44. The number of aromatic hydroxyl groups is 1. The highest BCUT2D eigenvalue weighted by molar-refractivity contribution is 7.87. The van der Waals surface area contributed by atoms with E-state index >= 15 is 0 Å². The summed E-state index contributed by atoms with van der Waals surface area (Å²) in [5.41, 5.74) is 1.01. The van der Waals surface area contributed by atoms with Crippen LogP contribution in [0.2, 0.25) is 0 Å². The predicted molar refractivity (Wildman–Crippen MR) is 73.0 cm³/mol. The summed E-state index contributed by atoms with van der Waals surface area (Å²) in [6, 6.07) is 10.0. The van der Waals surface area contributed by atoms with Gasteiger partial charge in [-0.05, 0) is 36.8 Å². The fourth-order valence-corrected chi connectivity index (χ4v) is 2.75. The van der Waals surface area contributed by atoms with E-state index in [1.54, 1.807) is 25.1 Å². The number of para-hydroxylation sites is 1. The number of aryl methyl sites for hydroxylation is 1. The number of hydrogen-bond acceptors (Lipinski definition) is 5. The van der Waals surface area contributed by atoms with Gasteiger partial charge in [-0.25, -0.2) is 0 Å². The summed E-state index contributed by atoms with van der Waals surface area (Å²) in [5, 5.41) is 18.4. The predicted octanol–water partition coefficient (Wildman–Crippen LogP) is 1.96. The number of phenolic OH excluding ortho intramolecular Hbond substituents is 1. The van der Waals surface area contributed by atoms with E-state index in [-0.39, 0.29) is 23.0 Å². The zero-order valence-electron chi connectivity index (χ0n) is 10.8. The quantitative estimate of drug-likeness (QED) is 0.842. The van der Waals surface area contributed by atoms with Crippen molar-refractivity contribution in [2.45, 2.75) is 18.4 Å². The largest absolute Gasteiger partial charge is 0.508 e. The molecule has 0 heterocycles. The zero-order chi connectivity index (χ0) is 14.8. The third-order valence-electron chi connectivity index (χ3n) is 2.78. The number of aliphatic hydroxyl groups excluding tert-OH is 1. The second kappa shape index (κ2) is 5.52. The average molecular weight is 294 g/mol. The molecule has 0 atom stereocenters. The Morgan fingerprint density at radius 3 is 2.35 bits per heavy atom. The molecular weight excluding hydrogens is 280 g/mol. The van der Waals surface area contributed by atoms with Crippen molar-refractivity contribution in [3.8, 4) is 11.5 Å². The molecule has 0 spiro atoms. The molecule has 2 N–H and O–H groups in total. The summed E-state index contributed by atoms with van der Waals surface area (Å²) in [6.07, 6.45) is 0. The van der Waals surface area contributed by atoms with E-state index < -0.39 is 10.1 Å². The minimum atomic E-state index is -4.01. The smallest absolute Gasteiger partial charge is 0.339 e. The Balaban J connectivity index is 2.41. The highest BCUT2D eigenvalue weighted by atomic mass is 32.2. The Bertz CT molecular complexity index is 705. The maximum absolute atomic E-state index is 12.1. The minimum Gasteiger partial charge on any atom is -0.508 e. The number of phenols is 1. The molecule has 106 valence electrons. The van der Waals surface area contributed by atoms with Crippen molar-refractivity contribution in [2.24, 2.45) is 0 Å². The first-order valence-corrected chi connectivity index (χ1v) is 7.28. The zero-order valence-corrected chi connectivity index (χ0v) is 11.6. The van der Waals surface area contributed by atoms with E-state index in [9.17, 15) is 13.5 Å². The molecule has 6 heteroatoms. The third-order valence-corrected chi connectivity index (χ3v) is 4.02. The molecule has 0 saturated heterocycles. The van der Waals surface area contributed by atoms with Crippen LogP contribution in [0.1, 0.15) is 11.1 Å². The summed E-state index contributed by atoms with van der Waals surface area (Å²) in [5.74, 6) is 0.0963. The molecule has 0 aliphatic rings. The molecule has 20 heavy (non-hydrogen) atoms. The van der Waals surface area contributed by atoms with Gasteiger partial charge in [0.25, 0.3) is 0 Å². The van der Waals surface area contributed by atoms with Crippen molar-refractivity contribution >= 4 is 10.1 Å². The number of rotatable bonds is 4. The lowest BCUT2D eigenvalue weighted by molar-refractivity contribution is 0.278. The molecular formula is C14H14O5S. The van der Waals surface area contributed by atoms with Gasteiger partial charge in [0.2, 0.25) is 0 Å². The Kier molecular flexibility index (Phi) is 3.96. The summed E-state index contributed by atoms with van der Waals surface area (Å²) in [7, 11) is -4.01. The van der Waals surface area contributed by atoms with Crippen LogP contribution < -0.4 is 4.18 Å². The highest BCUT2D eigenvalue weighted by Gasteiger charge is 2.19. The summed E-state index contributed by atoms with van der Waals surface area (Å²) >= 11 is 0. The van der Waals surface area contributed by atoms with Gasteiger partial charge in [-0.1, -0.05) is 18.2 Å². The number of aliphatic hydroxyl groups is 1. The van der Waals surface area contributed by atoms with Gasteiger partial charge >= 0.3 is 10.1 Å². The van der Waals surface area contributed by atoms with Crippen molar-refractivity contribution in [2.75, 3.05) is 0 Å². The van der Waals surface area contributed by atoms with E-state index in [0.717, 1.165) is 0 Å². The molecule has 0 amide bonds.